The molecular formula is C19H24F2N2O. The molecule has 2 unspecified atom stereocenters. The van der Waals surface area contributed by atoms with Gasteiger partial charge in [-0.25, -0.2) is 8.78 Å². The van der Waals surface area contributed by atoms with Gasteiger partial charge in [0.25, 0.3) is 0 Å². The second kappa shape index (κ2) is 8.87. The van der Waals surface area contributed by atoms with Crippen molar-refractivity contribution in [3.05, 3.63) is 70.8 Å². The predicted octanol–water partition coefficient (Wildman–Crippen LogP) is 2.90. The first kappa shape index (κ1) is 18.5. The number of nitrogens with one attached hydrogen (secondary N) is 1. The molecule has 2 rings (SSSR count). The lowest BCUT2D eigenvalue weighted by Crippen LogP contribution is -2.36. The molecule has 3 nitrogen and oxygen atoms in total. The molecule has 24 heavy (non-hydrogen) atoms. The lowest BCUT2D eigenvalue weighted by Gasteiger charge is -2.18. The van der Waals surface area contributed by atoms with E-state index in [1.165, 1.54) is 17.7 Å². The first-order valence-electron chi connectivity index (χ1n) is 8.16. The lowest BCUT2D eigenvalue weighted by molar-refractivity contribution is 0.118. The highest BCUT2D eigenvalue weighted by molar-refractivity contribution is 5.23. The SMILES string of the molecule is CCc1cccc(CNC(O)CC(N)Cc2cc(F)cc(F)c2)c1. The second-order valence-electron chi connectivity index (χ2n) is 6.05. The quantitative estimate of drug-likeness (QED) is 0.651. The van der Waals surface area contributed by atoms with Gasteiger partial charge >= 0.3 is 0 Å². The van der Waals surface area contributed by atoms with E-state index in [2.05, 4.69) is 24.4 Å². The number of halogens is 2. The monoisotopic (exact) mass is 334 g/mol. The van der Waals surface area contributed by atoms with Crippen LogP contribution in [0.2, 0.25) is 0 Å². The summed E-state index contributed by atoms with van der Waals surface area (Å²) in [6, 6.07) is 11.1. The van der Waals surface area contributed by atoms with Crippen LogP contribution in [0.1, 0.15) is 30.0 Å². The minimum atomic E-state index is -0.774. The topological polar surface area (TPSA) is 58.3 Å². The van der Waals surface area contributed by atoms with Gasteiger partial charge in [0.15, 0.2) is 0 Å². The van der Waals surface area contributed by atoms with Gasteiger partial charge in [0.1, 0.15) is 17.9 Å². The summed E-state index contributed by atoms with van der Waals surface area (Å²) >= 11 is 0. The first-order valence-corrected chi connectivity index (χ1v) is 8.16. The number of hydrogen-bond donors (Lipinski definition) is 3. The molecule has 0 spiro atoms. The number of nitrogens with two attached hydrogens (primary N) is 1. The average molecular weight is 334 g/mol. The molecule has 0 amide bonds. The van der Waals surface area contributed by atoms with Gasteiger partial charge in [0, 0.05) is 25.1 Å². The van der Waals surface area contributed by atoms with Crippen LogP contribution < -0.4 is 11.1 Å². The highest BCUT2D eigenvalue weighted by Gasteiger charge is 2.12. The Morgan fingerprint density at radius 1 is 1.04 bits per heavy atom. The Morgan fingerprint density at radius 3 is 2.38 bits per heavy atom. The number of hydrogen-bond acceptors (Lipinski definition) is 3. The van der Waals surface area contributed by atoms with E-state index in [9.17, 15) is 13.9 Å². The van der Waals surface area contributed by atoms with Crippen LogP contribution in [0.15, 0.2) is 42.5 Å². The molecule has 0 aliphatic heterocycles. The Kier molecular flexibility index (Phi) is 6.85. The summed E-state index contributed by atoms with van der Waals surface area (Å²) in [7, 11) is 0. The van der Waals surface area contributed by atoms with Crippen molar-refractivity contribution >= 4 is 0 Å². The Bertz CT molecular complexity index is 643. The molecule has 0 heterocycles. The van der Waals surface area contributed by atoms with E-state index >= 15 is 0 Å². The van der Waals surface area contributed by atoms with Crippen LogP contribution >= 0.6 is 0 Å². The van der Waals surface area contributed by atoms with Gasteiger partial charge in [-0.2, -0.15) is 0 Å². The lowest BCUT2D eigenvalue weighted by atomic mass is 10.0. The fraction of sp³-hybridized carbons (Fsp3) is 0.368. The molecule has 5 heteroatoms. The predicted molar refractivity (Wildman–Crippen MR) is 91.3 cm³/mol. The van der Waals surface area contributed by atoms with Gasteiger partial charge in [0.05, 0.1) is 0 Å². The molecule has 4 N–H and O–H groups in total. The molecule has 0 bridgehead atoms. The zero-order valence-electron chi connectivity index (χ0n) is 13.8. The number of aliphatic hydroxyl groups excluding tert-OH is 1. The summed E-state index contributed by atoms with van der Waals surface area (Å²) in [4.78, 5) is 0. The molecule has 2 atom stereocenters. The number of aliphatic hydroxyl groups is 1. The highest BCUT2D eigenvalue weighted by atomic mass is 19.1. The Balaban J connectivity index is 1.81. The van der Waals surface area contributed by atoms with Crippen molar-refractivity contribution < 1.29 is 13.9 Å². The third-order valence-corrected chi connectivity index (χ3v) is 3.89. The molecule has 0 fully saturated rings. The van der Waals surface area contributed by atoms with E-state index in [1.807, 2.05) is 12.1 Å². The zero-order chi connectivity index (χ0) is 17.5. The van der Waals surface area contributed by atoms with Crippen LogP contribution in [-0.4, -0.2) is 17.4 Å². The highest BCUT2D eigenvalue weighted by Crippen LogP contribution is 2.11. The van der Waals surface area contributed by atoms with Gasteiger partial charge in [-0.05, 0) is 41.7 Å². The normalized spacial score (nSPS) is 13.7. The van der Waals surface area contributed by atoms with Crippen LogP contribution in [0.5, 0.6) is 0 Å². The van der Waals surface area contributed by atoms with E-state index in [1.54, 1.807) is 0 Å². The first-order chi connectivity index (χ1) is 11.5. The molecule has 0 saturated carbocycles. The molecule has 0 aromatic heterocycles. The van der Waals surface area contributed by atoms with Gasteiger partial charge in [-0.15, -0.1) is 0 Å². The molecular weight excluding hydrogens is 310 g/mol. The minimum Gasteiger partial charge on any atom is -0.379 e. The largest absolute Gasteiger partial charge is 0.379 e. The fourth-order valence-electron chi connectivity index (χ4n) is 2.68. The third kappa shape index (κ3) is 6.00. The minimum absolute atomic E-state index is 0.297. The van der Waals surface area contributed by atoms with Crippen LogP contribution in [0.25, 0.3) is 0 Å². The van der Waals surface area contributed by atoms with E-state index in [0.717, 1.165) is 18.1 Å². The summed E-state index contributed by atoms with van der Waals surface area (Å²) in [5.41, 5.74) is 8.80. The maximum Gasteiger partial charge on any atom is 0.126 e. The number of rotatable bonds is 8. The third-order valence-electron chi connectivity index (χ3n) is 3.89. The van der Waals surface area contributed by atoms with Gasteiger partial charge in [-0.1, -0.05) is 31.2 Å². The van der Waals surface area contributed by atoms with Crippen LogP contribution in [0, 0.1) is 11.6 Å². The zero-order valence-corrected chi connectivity index (χ0v) is 13.8. The van der Waals surface area contributed by atoms with Crippen molar-refractivity contribution in [1.82, 2.24) is 5.32 Å². The Morgan fingerprint density at radius 2 is 1.71 bits per heavy atom. The smallest absolute Gasteiger partial charge is 0.126 e. The molecule has 2 aromatic carbocycles. The van der Waals surface area contributed by atoms with Crippen molar-refractivity contribution in [2.75, 3.05) is 0 Å². The summed E-state index contributed by atoms with van der Waals surface area (Å²) < 4.78 is 26.3. The molecule has 0 aliphatic carbocycles. The molecule has 0 saturated heterocycles. The van der Waals surface area contributed by atoms with Gasteiger partial charge < -0.3 is 10.8 Å². The summed E-state index contributed by atoms with van der Waals surface area (Å²) in [5.74, 6) is -1.24. The van der Waals surface area contributed by atoms with Gasteiger partial charge in [-0.3, -0.25) is 5.32 Å². The number of aryl methyl sites for hydroxylation is 1. The molecule has 0 aliphatic rings. The van der Waals surface area contributed by atoms with Gasteiger partial charge in [0.2, 0.25) is 0 Å². The summed E-state index contributed by atoms with van der Waals surface area (Å²) in [6.07, 6.45) is 0.791. The summed E-state index contributed by atoms with van der Waals surface area (Å²) in [6.45, 7) is 2.63. The standard InChI is InChI=1S/C19H24F2N2O/c1-2-13-4-3-5-14(6-13)12-23-19(24)11-18(22)9-15-7-16(20)10-17(21)8-15/h3-8,10,18-19,23-24H,2,9,11-12,22H2,1H3. The van der Waals surface area contributed by atoms with E-state index < -0.39 is 23.9 Å². The van der Waals surface area contributed by atoms with Crippen LogP contribution in [0.3, 0.4) is 0 Å². The number of benzene rings is 2. The Labute approximate surface area is 141 Å². The summed E-state index contributed by atoms with van der Waals surface area (Å²) in [5, 5.41) is 13.1. The maximum absolute atomic E-state index is 13.2. The van der Waals surface area contributed by atoms with Crippen molar-refractivity contribution in [2.24, 2.45) is 5.73 Å². The average Bonchev–Trinajstić information content (AvgIpc) is 2.52. The van der Waals surface area contributed by atoms with Crippen molar-refractivity contribution in [1.29, 1.82) is 0 Å². The Hall–Kier alpha value is -1.82. The van der Waals surface area contributed by atoms with Crippen molar-refractivity contribution in [2.45, 2.75) is 45.0 Å². The second-order valence-corrected chi connectivity index (χ2v) is 6.05. The van der Waals surface area contributed by atoms with E-state index in [0.29, 0.717) is 24.9 Å². The molecule has 130 valence electrons. The molecule has 0 radical (unpaired) electrons. The van der Waals surface area contributed by atoms with Crippen molar-refractivity contribution in [3.8, 4) is 0 Å². The molecule has 2 aromatic rings. The van der Waals surface area contributed by atoms with E-state index in [4.69, 9.17) is 5.73 Å². The van der Waals surface area contributed by atoms with Crippen molar-refractivity contribution in [3.63, 3.8) is 0 Å². The fourth-order valence-corrected chi connectivity index (χ4v) is 2.68. The van der Waals surface area contributed by atoms with Crippen LogP contribution in [0.4, 0.5) is 8.78 Å². The van der Waals surface area contributed by atoms with Crippen LogP contribution in [-0.2, 0) is 19.4 Å². The maximum atomic E-state index is 13.2. The van der Waals surface area contributed by atoms with E-state index in [-0.39, 0.29) is 0 Å².